The summed E-state index contributed by atoms with van der Waals surface area (Å²) in [7, 11) is 5.97. The number of hydrogen-bond acceptors (Lipinski definition) is 9. The van der Waals surface area contributed by atoms with Crippen LogP contribution in [0, 0.1) is 0 Å². The van der Waals surface area contributed by atoms with Crippen molar-refractivity contribution < 1.29 is 23.8 Å². The molecule has 1 aromatic heterocycles. The third-order valence-corrected chi connectivity index (χ3v) is 7.26. The molecule has 0 atom stereocenters. The molecule has 0 bridgehead atoms. The average molecular weight is 604 g/mol. The summed E-state index contributed by atoms with van der Waals surface area (Å²) in [6, 6.07) is 10.5. The lowest BCUT2D eigenvalue weighted by Crippen LogP contribution is -2.49. The van der Waals surface area contributed by atoms with Crippen LogP contribution in [0.4, 0.5) is 33.5 Å². The zero-order chi connectivity index (χ0) is 29.5. The third kappa shape index (κ3) is 7.02. The molecule has 1 fully saturated rings. The fourth-order valence-electron chi connectivity index (χ4n) is 4.22. The zero-order valence-electron chi connectivity index (χ0n) is 23.1. The van der Waals surface area contributed by atoms with Crippen molar-refractivity contribution in [2.45, 2.75) is 0 Å². The first-order valence-electron chi connectivity index (χ1n) is 12.6. The number of methoxy groups -OCH3 is 3. The minimum atomic E-state index is -0.540. The molecule has 2 N–H and O–H groups in total. The van der Waals surface area contributed by atoms with Gasteiger partial charge in [-0.25, -0.2) is 14.8 Å². The highest BCUT2D eigenvalue weighted by Gasteiger charge is 2.23. The Morgan fingerprint density at radius 2 is 1.59 bits per heavy atom. The molecule has 2 aromatic carbocycles. The number of nitrogens with one attached hydrogen (secondary N) is 2. The molecule has 4 rings (SSSR count). The SMILES string of the molecule is COCC(=O)N1CCN(c2ccc(Nc3cc(N(C)C(=O)Nc4c(Cl)c(OC)cc(OC)c4Cl)ncn3)cc2)CC1. The number of halogens is 2. The number of nitrogens with zero attached hydrogens (tertiary/aromatic N) is 5. The Morgan fingerprint density at radius 1 is 0.951 bits per heavy atom. The van der Waals surface area contributed by atoms with E-state index in [0.29, 0.717) is 36.2 Å². The van der Waals surface area contributed by atoms with E-state index in [4.69, 9.17) is 37.4 Å². The fraction of sp³-hybridized carbons (Fsp3) is 0.333. The molecule has 0 saturated carbocycles. The van der Waals surface area contributed by atoms with E-state index < -0.39 is 6.03 Å². The van der Waals surface area contributed by atoms with E-state index in [9.17, 15) is 9.59 Å². The molecule has 12 nitrogen and oxygen atoms in total. The number of benzene rings is 2. The molecule has 3 aromatic rings. The molecule has 1 saturated heterocycles. The number of carbonyl (C=O) groups is 2. The standard InChI is InChI=1S/C27H31Cl2N7O5/c1-34(27(38)33-26-24(28)19(40-3)13-20(41-4)25(26)29)22-14-21(30-16-31-22)32-17-5-7-18(8-6-17)35-9-11-36(12-10-35)23(37)15-39-2/h5-8,13-14,16H,9-12,15H2,1-4H3,(H,33,38)(H,30,31,32). The Balaban J connectivity index is 1.40. The Morgan fingerprint density at radius 3 is 2.17 bits per heavy atom. The second-order valence-corrected chi connectivity index (χ2v) is 9.76. The Hall–Kier alpha value is -4.00. The summed E-state index contributed by atoms with van der Waals surface area (Å²) in [4.78, 5) is 38.9. The number of hydrogen-bond donors (Lipinski definition) is 2. The predicted molar refractivity (Wildman–Crippen MR) is 159 cm³/mol. The van der Waals surface area contributed by atoms with Gasteiger partial charge in [-0.05, 0) is 24.3 Å². The van der Waals surface area contributed by atoms with Gasteiger partial charge in [0.1, 0.15) is 46.1 Å². The maximum Gasteiger partial charge on any atom is 0.327 e. The van der Waals surface area contributed by atoms with Crippen molar-refractivity contribution >= 4 is 63.8 Å². The maximum absolute atomic E-state index is 13.1. The minimum absolute atomic E-state index is 0.00664. The van der Waals surface area contributed by atoms with Crippen LogP contribution in [0.3, 0.4) is 0 Å². The first-order valence-corrected chi connectivity index (χ1v) is 13.4. The van der Waals surface area contributed by atoms with Crippen molar-refractivity contribution in [1.82, 2.24) is 14.9 Å². The van der Waals surface area contributed by atoms with Gasteiger partial charge >= 0.3 is 6.03 Å². The molecule has 14 heteroatoms. The summed E-state index contributed by atoms with van der Waals surface area (Å²) in [6.45, 7) is 2.88. The smallest absolute Gasteiger partial charge is 0.327 e. The van der Waals surface area contributed by atoms with Gasteiger partial charge in [0.15, 0.2) is 0 Å². The van der Waals surface area contributed by atoms with Crippen molar-refractivity contribution in [3.05, 3.63) is 52.8 Å². The molecule has 41 heavy (non-hydrogen) atoms. The molecule has 0 spiro atoms. The molecule has 0 aliphatic carbocycles. The van der Waals surface area contributed by atoms with Gasteiger partial charge in [0.2, 0.25) is 5.91 Å². The van der Waals surface area contributed by atoms with Gasteiger partial charge in [0, 0.05) is 63.8 Å². The third-order valence-electron chi connectivity index (χ3n) is 6.51. The molecule has 218 valence electrons. The molecule has 1 aliphatic heterocycles. The van der Waals surface area contributed by atoms with E-state index in [1.165, 1.54) is 38.6 Å². The van der Waals surface area contributed by atoms with Crippen molar-refractivity contribution in [2.75, 3.05) is 81.6 Å². The van der Waals surface area contributed by atoms with Crippen molar-refractivity contribution in [3.63, 3.8) is 0 Å². The summed E-state index contributed by atoms with van der Waals surface area (Å²) in [5.74, 6) is 1.42. The number of piperazine rings is 1. The lowest BCUT2D eigenvalue weighted by molar-refractivity contribution is -0.135. The summed E-state index contributed by atoms with van der Waals surface area (Å²) >= 11 is 12.8. The second kappa shape index (κ2) is 13.6. The maximum atomic E-state index is 13.1. The number of ether oxygens (including phenoxy) is 3. The molecule has 0 unspecified atom stereocenters. The molecular weight excluding hydrogens is 573 g/mol. The largest absolute Gasteiger partial charge is 0.495 e. The number of urea groups is 1. The van der Waals surface area contributed by atoms with E-state index in [0.717, 1.165) is 24.5 Å². The molecule has 1 aliphatic rings. The Kier molecular flexibility index (Phi) is 9.92. The minimum Gasteiger partial charge on any atom is -0.495 e. The normalized spacial score (nSPS) is 13.0. The van der Waals surface area contributed by atoms with Crippen LogP contribution in [0.5, 0.6) is 11.5 Å². The number of amides is 3. The second-order valence-electron chi connectivity index (χ2n) is 9.01. The van der Waals surface area contributed by atoms with Crippen LogP contribution >= 0.6 is 23.2 Å². The van der Waals surface area contributed by atoms with Gasteiger partial charge in [-0.1, -0.05) is 23.2 Å². The van der Waals surface area contributed by atoms with Gasteiger partial charge in [-0.3, -0.25) is 9.69 Å². The van der Waals surface area contributed by atoms with E-state index in [1.54, 1.807) is 13.1 Å². The van der Waals surface area contributed by atoms with Crippen molar-refractivity contribution in [2.24, 2.45) is 0 Å². The van der Waals surface area contributed by atoms with Gasteiger partial charge in [-0.2, -0.15) is 0 Å². The average Bonchev–Trinajstić information content (AvgIpc) is 2.99. The van der Waals surface area contributed by atoms with E-state index in [-0.39, 0.29) is 28.2 Å². The van der Waals surface area contributed by atoms with Gasteiger partial charge in [0.25, 0.3) is 0 Å². The number of rotatable bonds is 9. The van der Waals surface area contributed by atoms with Crippen LogP contribution in [0.2, 0.25) is 10.0 Å². The highest BCUT2D eigenvalue weighted by atomic mass is 35.5. The summed E-state index contributed by atoms with van der Waals surface area (Å²) in [5, 5.41) is 6.20. The number of carbonyl (C=O) groups excluding carboxylic acids is 2. The quantitative estimate of drug-likeness (QED) is 0.364. The zero-order valence-corrected chi connectivity index (χ0v) is 24.6. The van der Waals surface area contributed by atoms with Gasteiger partial charge < -0.3 is 34.6 Å². The molecule has 2 heterocycles. The monoisotopic (exact) mass is 603 g/mol. The predicted octanol–water partition coefficient (Wildman–Crippen LogP) is 4.51. The van der Waals surface area contributed by atoms with Crippen LogP contribution in [0.15, 0.2) is 42.7 Å². The molecular formula is C27H31Cl2N7O5. The number of aromatic nitrogens is 2. The first kappa shape index (κ1) is 30.0. The van der Waals surface area contributed by atoms with E-state index in [2.05, 4.69) is 25.5 Å². The lowest BCUT2D eigenvalue weighted by Gasteiger charge is -2.36. The van der Waals surface area contributed by atoms with E-state index >= 15 is 0 Å². The first-order chi connectivity index (χ1) is 19.7. The van der Waals surface area contributed by atoms with Crippen LogP contribution in [-0.4, -0.2) is 88.0 Å². The van der Waals surface area contributed by atoms with Crippen LogP contribution < -0.4 is 29.9 Å². The van der Waals surface area contributed by atoms with Gasteiger partial charge in [-0.15, -0.1) is 0 Å². The van der Waals surface area contributed by atoms with Crippen LogP contribution in [0.25, 0.3) is 0 Å². The van der Waals surface area contributed by atoms with Crippen LogP contribution in [0.1, 0.15) is 0 Å². The summed E-state index contributed by atoms with van der Waals surface area (Å²) < 4.78 is 15.5. The Bertz CT molecular complexity index is 1360. The summed E-state index contributed by atoms with van der Waals surface area (Å²) in [6.07, 6.45) is 1.36. The van der Waals surface area contributed by atoms with Crippen molar-refractivity contribution in [1.29, 1.82) is 0 Å². The van der Waals surface area contributed by atoms with Crippen molar-refractivity contribution in [3.8, 4) is 11.5 Å². The highest BCUT2D eigenvalue weighted by Crippen LogP contribution is 2.44. The topological polar surface area (TPSA) is 121 Å². The fourth-order valence-corrected chi connectivity index (χ4v) is 4.82. The van der Waals surface area contributed by atoms with E-state index in [1.807, 2.05) is 29.2 Å². The molecule has 0 radical (unpaired) electrons. The lowest BCUT2D eigenvalue weighted by atomic mass is 10.2. The summed E-state index contributed by atoms with van der Waals surface area (Å²) in [5.41, 5.74) is 2.01. The number of anilines is 5. The Labute approximate surface area is 248 Å². The molecule has 3 amide bonds. The van der Waals surface area contributed by atoms with Crippen LogP contribution in [-0.2, 0) is 9.53 Å². The van der Waals surface area contributed by atoms with Gasteiger partial charge in [0.05, 0.1) is 19.9 Å². The highest BCUT2D eigenvalue weighted by molar-refractivity contribution is 6.41.